The molecule has 0 saturated carbocycles. The van der Waals surface area contributed by atoms with Crippen molar-refractivity contribution in [3.63, 3.8) is 0 Å². The fourth-order valence-electron chi connectivity index (χ4n) is 4.23. The number of benzene rings is 2. The normalized spacial score (nSPS) is 14.5. The number of piperazine rings is 1. The van der Waals surface area contributed by atoms with Crippen molar-refractivity contribution in [2.24, 2.45) is 0 Å². The molecule has 0 unspecified atom stereocenters. The number of anilines is 2. The number of amides is 2. The molecule has 186 valence electrons. The van der Waals surface area contributed by atoms with Crippen LogP contribution in [0.15, 0.2) is 79.1 Å². The highest BCUT2D eigenvalue weighted by Gasteiger charge is 2.27. The number of rotatable bonds is 7. The van der Waals surface area contributed by atoms with Crippen LogP contribution in [0.4, 0.5) is 11.4 Å². The highest BCUT2D eigenvalue weighted by molar-refractivity contribution is 6.39. The first-order valence-corrected chi connectivity index (χ1v) is 11.8. The zero-order chi connectivity index (χ0) is 25.3. The molecule has 1 fully saturated rings. The number of carbonyl (C=O) groups excluding carboxylic acids is 3. The summed E-state index contributed by atoms with van der Waals surface area (Å²) in [5.41, 5.74) is 2.93. The molecule has 0 aliphatic carbocycles. The summed E-state index contributed by atoms with van der Waals surface area (Å²) in [5.74, 6) is -1.99. The zero-order valence-corrected chi connectivity index (χ0v) is 20.1. The van der Waals surface area contributed by atoms with Gasteiger partial charge in [0.05, 0.1) is 18.7 Å². The topological polar surface area (TPSA) is 104 Å². The van der Waals surface area contributed by atoms with E-state index in [1.165, 1.54) is 24.9 Å². The molecular formula is C27H29N5O4. The Morgan fingerprint density at radius 3 is 2.28 bits per heavy atom. The molecule has 2 amide bonds. The molecule has 2 N–H and O–H groups in total. The van der Waals surface area contributed by atoms with E-state index in [0.717, 1.165) is 31.7 Å². The Morgan fingerprint density at radius 2 is 1.64 bits per heavy atom. The Hall–Kier alpha value is -4.24. The SMILES string of the molecule is COC(=O)c1ccc(NC(=O)C(=O)NC[C@@H](c2cccnc2)N2CCN(c3ccccc3)CC2)cc1. The molecule has 1 atom stereocenters. The summed E-state index contributed by atoms with van der Waals surface area (Å²) >= 11 is 0. The van der Waals surface area contributed by atoms with E-state index in [-0.39, 0.29) is 12.6 Å². The van der Waals surface area contributed by atoms with Crippen molar-refractivity contribution in [3.05, 3.63) is 90.3 Å². The smallest absolute Gasteiger partial charge is 0.337 e. The number of nitrogens with zero attached hydrogens (tertiary/aromatic N) is 3. The van der Waals surface area contributed by atoms with Crippen LogP contribution in [0.25, 0.3) is 0 Å². The first kappa shape index (κ1) is 24.9. The molecule has 9 nitrogen and oxygen atoms in total. The standard InChI is InChI=1S/C27H29N5O4/c1-36-27(35)20-9-11-22(12-10-20)30-26(34)25(33)29-19-24(21-6-5-13-28-18-21)32-16-14-31(15-17-32)23-7-3-2-4-8-23/h2-13,18,24H,14-17,19H2,1H3,(H,29,33)(H,30,34)/t24-/m0/s1. The van der Waals surface area contributed by atoms with E-state index in [2.05, 4.69) is 42.3 Å². The summed E-state index contributed by atoms with van der Waals surface area (Å²) in [6.07, 6.45) is 3.51. The lowest BCUT2D eigenvalue weighted by molar-refractivity contribution is -0.136. The molecule has 0 bridgehead atoms. The van der Waals surface area contributed by atoms with E-state index in [0.29, 0.717) is 11.3 Å². The number of hydrogen-bond acceptors (Lipinski definition) is 7. The van der Waals surface area contributed by atoms with Crippen LogP contribution in [-0.4, -0.2) is 67.5 Å². The van der Waals surface area contributed by atoms with E-state index >= 15 is 0 Å². The van der Waals surface area contributed by atoms with Gasteiger partial charge in [-0.1, -0.05) is 24.3 Å². The van der Waals surface area contributed by atoms with E-state index in [1.807, 2.05) is 30.3 Å². The number of nitrogens with one attached hydrogen (secondary N) is 2. The van der Waals surface area contributed by atoms with Gasteiger partial charge in [0.2, 0.25) is 0 Å². The van der Waals surface area contributed by atoms with Crippen LogP contribution in [0.2, 0.25) is 0 Å². The Balaban J connectivity index is 1.36. The highest BCUT2D eigenvalue weighted by atomic mass is 16.5. The monoisotopic (exact) mass is 487 g/mol. The fraction of sp³-hybridized carbons (Fsp3) is 0.259. The van der Waals surface area contributed by atoms with Crippen LogP contribution in [0.3, 0.4) is 0 Å². The van der Waals surface area contributed by atoms with Gasteiger partial charge in [0.1, 0.15) is 0 Å². The Kier molecular flexibility index (Phi) is 8.25. The molecule has 2 heterocycles. The lowest BCUT2D eigenvalue weighted by atomic mass is 10.1. The molecule has 1 aliphatic rings. The lowest BCUT2D eigenvalue weighted by Crippen LogP contribution is -2.50. The van der Waals surface area contributed by atoms with Crippen molar-refractivity contribution >= 4 is 29.2 Å². The molecule has 36 heavy (non-hydrogen) atoms. The van der Waals surface area contributed by atoms with Crippen LogP contribution in [0, 0.1) is 0 Å². The number of esters is 1. The molecule has 2 aromatic carbocycles. The second-order valence-electron chi connectivity index (χ2n) is 8.39. The summed E-state index contributed by atoms with van der Waals surface area (Å²) in [4.78, 5) is 45.5. The Morgan fingerprint density at radius 1 is 0.917 bits per heavy atom. The van der Waals surface area contributed by atoms with Crippen molar-refractivity contribution in [3.8, 4) is 0 Å². The van der Waals surface area contributed by atoms with E-state index in [4.69, 9.17) is 0 Å². The van der Waals surface area contributed by atoms with E-state index in [1.54, 1.807) is 24.5 Å². The van der Waals surface area contributed by atoms with Gasteiger partial charge < -0.3 is 20.3 Å². The van der Waals surface area contributed by atoms with Crippen LogP contribution in [0.1, 0.15) is 22.0 Å². The quantitative estimate of drug-likeness (QED) is 0.390. The fourth-order valence-corrected chi connectivity index (χ4v) is 4.23. The molecule has 4 rings (SSSR count). The van der Waals surface area contributed by atoms with Gasteiger partial charge in [-0.2, -0.15) is 0 Å². The van der Waals surface area contributed by atoms with Gasteiger partial charge in [0.15, 0.2) is 0 Å². The maximum absolute atomic E-state index is 12.6. The van der Waals surface area contributed by atoms with Gasteiger partial charge in [-0.3, -0.25) is 19.5 Å². The van der Waals surface area contributed by atoms with E-state index < -0.39 is 17.8 Å². The maximum atomic E-state index is 12.6. The second kappa shape index (κ2) is 11.9. The Bertz CT molecular complexity index is 1160. The van der Waals surface area contributed by atoms with Crippen LogP contribution < -0.4 is 15.5 Å². The lowest BCUT2D eigenvalue weighted by Gasteiger charge is -2.40. The number of carbonyl (C=O) groups is 3. The minimum absolute atomic E-state index is 0.118. The molecule has 1 aliphatic heterocycles. The molecular weight excluding hydrogens is 458 g/mol. The average Bonchev–Trinajstić information content (AvgIpc) is 2.94. The predicted octanol–water partition coefficient (Wildman–Crippen LogP) is 2.49. The largest absolute Gasteiger partial charge is 0.465 e. The third-order valence-corrected chi connectivity index (χ3v) is 6.17. The zero-order valence-electron chi connectivity index (χ0n) is 20.1. The molecule has 0 spiro atoms. The first-order chi connectivity index (χ1) is 17.5. The van der Waals surface area contributed by atoms with Gasteiger partial charge in [-0.15, -0.1) is 0 Å². The van der Waals surface area contributed by atoms with Crippen LogP contribution in [0.5, 0.6) is 0 Å². The molecule has 9 heteroatoms. The average molecular weight is 488 g/mol. The van der Waals surface area contributed by atoms with Crippen molar-refractivity contribution in [2.75, 3.05) is 50.1 Å². The summed E-state index contributed by atoms with van der Waals surface area (Å²) in [7, 11) is 1.30. The number of para-hydroxylation sites is 1. The Labute approximate surface area is 210 Å². The van der Waals surface area contributed by atoms with Gasteiger partial charge >= 0.3 is 17.8 Å². The molecule has 1 saturated heterocycles. The number of ether oxygens (including phenoxy) is 1. The number of pyridine rings is 1. The van der Waals surface area contributed by atoms with Crippen molar-refractivity contribution in [2.45, 2.75) is 6.04 Å². The van der Waals surface area contributed by atoms with Gasteiger partial charge in [0, 0.05) is 56.5 Å². The van der Waals surface area contributed by atoms with Gasteiger partial charge in [-0.25, -0.2) is 4.79 Å². The number of methoxy groups -OCH3 is 1. The minimum Gasteiger partial charge on any atom is -0.465 e. The van der Waals surface area contributed by atoms with Crippen molar-refractivity contribution < 1.29 is 19.1 Å². The third-order valence-electron chi connectivity index (χ3n) is 6.17. The van der Waals surface area contributed by atoms with Crippen LogP contribution >= 0.6 is 0 Å². The molecule has 0 radical (unpaired) electrons. The van der Waals surface area contributed by atoms with Crippen LogP contribution in [-0.2, 0) is 14.3 Å². The summed E-state index contributed by atoms with van der Waals surface area (Å²) in [6.45, 7) is 3.60. The van der Waals surface area contributed by atoms with E-state index in [9.17, 15) is 14.4 Å². The number of aromatic nitrogens is 1. The number of hydrogen-bond donors (Lipinski definition) is 2. The van der Waals surface area contributed by atoms with Crippen molar-refractivity contribution in [1.29, 1.82) is 0 Å². The second-order valence-corrected chi connectivity index (χ2v) is 8.39. The minimum atomic E-state index is -0.778. The van der Waals surface area contributed by atoms with Crippen molar-refractivity contribution in [1.82, 2.24) is 15.2 Å². The molecule has 3 aromatic rings. The predicted molar refractivity (Wildman–Crippen MR) is 137 cm³/mol. The first-order valence-electron chi connectivity index (χ1n) is 11.8. The van der Waals surface area contributed by atoms with Gasteiger partial charge in [-0.05, 0) is 48.0 Å². The summed E-state index contributed by atoms with van der Waals surface area (Å²) in [6, 6.07) is 20.2. The molecule has 1 aromatic heterocycles. The summed E-state index contributed by atoms with van der Waals surface area (Å²) in [5, 5.41) is 5.33. The van der Waals surface area contributed by atoms with Gasteiger partial charge in [0.25, 0.3) is 0 Å². The summed E-state index contributed by atoms with van der Waals surface area (Å²) < 4.78 is 4.66. The third kappa shape index (κ3) is 6.25. The maximum Gasteiger partial charge on any atom is 0.337 e. The highest BCUT2D eigenvalue weighted by Crippen LogP contribution is 2.23.